The summed E-state index contributed by atoms with van der Waals surface area (Å²) in [5, 5.41) is 5.69. The van der Waals surface area contributed by atoms with E-state index in [2.05, 4.69) is 10.3 Å². The Hall–Kier alpha value is -3.19. The second kappa shape index (κ2) is 8.45. The number of carbonyl (C=O) groups is 2. The van der Waals surface area contributed by atoms with Crippen LogP contribution in [0.1, 0.15) is 18.5 Å². The molecule has 3 aromatic rings. The number of thiazole rings is 1. The van der Waals surface area contributed by atoms with E-state index in [-0.39, 0.29) is 18.2 Å². The molecule has 29 heavy (non-hydrogen) atoms. The van der Waals surface area contributed by atoms with E-state index < -0.39 is 0 Å². The van der Waals surface area contributed by atoms with Gasteiger partial charge in [0.15, 0.2) is 0 Å². The van der Waals surface area contributed by atoms with E-state index in [0.29, 0.717) is 24.4 Å². The van der Waals surface area contributed by atoms with Crippen molar-refractivity contribution in [1.29, 1.82) is 0 Å². The Bertz CT molecular complexity index is 1030. The van der Waals surface area contributed by atoms with Crippen molar-refractivity contribution in [2.45, 2.75) is 19.3 Å². The summed E-state index contributed by atoms with van der Waals surface area (Å²) < 4.78 is 5.44. The van der Waals surface area contributed by atoms with Crippen molar-refractivity contribution in [3.8, 4) is 16.3 Å². The molecule has 0 saturated carbocycles. The topological polar surface area (TPSA) is 71.5 Å². The molecule has 2 heterocycles. The number of rotatable bonds is 6. The van der Waals surface area contributed by atoms with Crippen LogP contribution >= 0.6 is 11.3 Å². The van der Waals surface area contributed by atoms with E-state index in [1.54, 1.807) is 24.1 Å². The lowest BCUT2D eigenvalue weighted by Gasteiger charge is -2.19. The van der Waals surface area contributed by atoms with Gasteiger partial charge in [0.1, 0.15) is 10.8 Å². The van der Waals surface area contributed by atoms with Crippen LogP contribution in [0.5, 0.6) is 5.75 Å². The first-order valence-corrected chi connectivity index (χ1v) is 10.3. The molecule has 0 radical (unpaired) electrons. The van der Waals surface area contributed by atoms with E-state index in [9.17, 15) is 9.59 Å². The van der Waals surface area contributed by atoms with Gasteiger partial charge in [0.2, 0.25) is 11.8 Å². The minimum atomic E-state index is -0.151. The zero-order valence-electron chi connectivity index (χ0n) is 16.1. The number of benzene rings is 2. The molecular weight excluding hydrogens is 386 g/mol. The van der Waals surface area contributed by atoms with Gasteiger partial charge in [0.05, 0.1) is 24.9 Å². The molecule has 6 nitrogen and oxygen atoms in total. The first-order chi connectivity index (χ1) is 14.1. The molecule has 148 valence electrons. The van der Waals surface area contributed by atoms with Crippen molar-refractivity contribution < 1.29 is 14.3 Å². The Morgan fingerprint density at radius 1 is 1.24 bits per heavy atom. The molecule has 1 fully saturated rings. The number of aromatic nitrogens is 1. The maximum absolute atomic E-state index is 12.5. The number of ether oxygens (including phenoxy) is 1. The van der Waals surface area contributed by atoms with Crippen molar-refractivity contribution in [3.63, 3.8) is 0 Å². The molecule has 0 aliphatic carbocycles. The van der Waals surface area contributed by atoms with Crippen LogP contribution in [0.2, 0.25) is 0 Å². The predicted octanol–water partition coefficient (Wildman–Crippen LogP) is 4.13. The van der Waals surface area contributed by atoms with Crippen LogP contribution in [-0.2, 0) is 16.0 Å². The Morgan fingerprint density at radius 3 is 2.79 bits per heavy atom. The van der Waals surface area contributed by atoms with E-state index in [1.165, 1.54) is 11.3 Å². The lowest BCUT2D eigenvalue weighted by atomic mass is 10.2. The average molecular weight is 407 g/mol. The van der Waals surface area contributed by atoms with Gasteiger partial charge in [0.25, 0.3) is 0 Å². The van der Waals surface area contributed by atoms with E-state index in [4.69, 9.17) is 4.74 Å². The summed E-state index contributed by atoms with van der Waals surface area (Å²) in [6.45, 7) is 0.689. The lowest BCUT2D eigenvalue weighted by Crippen LogP contribution is -2.24. The van der Waals surface area contributed by atoms with E-state index >= 15 is 0 Å². The van der Waals surface area contributed by atoms with Crippen molar-refractivity contribution >= 4 is 34.5 Å². The second-order valence-corrected chi connectivity index (χ2v) is 7.63. The third-order valence-electron chi connectivity index (χ3n) is 4.74. The SMILES string of the molecule is COc1cc(NC(=O)Cc2csc(-c3ccccc3)n2)ccc1N1CCCC1=O. The molecule has 1 aliphatic rings. The van der Waals surface area contributed by atoms with Crippen molar-refractivity contribution in [2.24, 2.45) is 0 Å². The fourth-order valence-electron chi connectivity index (χ4n) is 3.35. The molecule has 0 unspecified atom stereocenters. The van der Waals surface area contributed by atoms with Gasteiger partial charge < -0.3 is 15.0 Å². The van der Waals surface area contributed by atoms with Crippen LogP contribution < -0.4 is 15.0 Å². The minimum Gasteiger partial charge on any atom is -0.494 e. The van der Waals surface area contributed by atoms with Gasteiger partial charge in [-0.25, -0.2) is 4.98 Å². The van der Waals surface area contributed by atoms with Crippen LogP contribution in [0.4, 0.5) is 11.4 Å². The van der Waals surface area contributed by atoms with Crippen LogP contribution in [0, 0.1) is 0 Å². The number of amides is 2. The highest BCUT2D eigenvalue weighted by Crippen LogP contribution is 2.34. The summed E-state index contributed by atoms with van der Waals surface area (Å²) in [5.74, 6) is 0.512. The first-order valence-electron chi connectivity index (χ1n) is 9.42. The number of nitrogens with zero attached hydrogens (tertiary/aromatic N) is 2. The van der Waals surface area contributed by atoms with E-state index in [1.807, 2.05) is 41.8 Å². The summed E-state index contributed by atoms with van der Waals surface area (Å²) in [4.78, 5) is 30.8. The summed E-state index contributed by atoms with van der Waals surface area (Å²) >= 11 is 1.52. The largest absolute Gasteiger partial charge is 0.494 e. The normalized spacial score (nSPS) is 13.6. The third kappa shape index (κ3) is 4.30. The molecule has 1 N–H and O–H groups in total. The molecular formula is C22H21N3O3S. The van der Waals surface area contributed by atoms with Gasteiger partial charge in [-0.3, -0.25) is 9.59 Å². The van der Waals surface area contributed by atoms with Crippen molar-refractivity contribution in [3.05, 3.63) is 59.6 Å². The Morgan fingerprint density at radius 2 is 2.07 bits per heavy atom. The number of carbonyl (C=O) groups excluding carboxylic acids is 2. The standard InChI is InChI=1S/C22H21N3O3S/c1-28-19-12-16(9-10-18(19)25-11-5-8-21(25)27)23-20(26)13-17-14-29-22(24-17)15-6-3-2-4-7-15/h2-4,6-7,9-10,12,14H,5,8,11,13H2,1H3,(H,23,26). The minimum absolute atomic E-state index is 0.0952. The fraction of sp³-hybridized carbons (Fsp3) is 0.227. The summed E-state index contributed by atoms with van der Waals surface area (Å²) in [5.41, 5.74) is 3.14. The summed E-state index contributed by atoms with van der Waals surface area (Å²) in [7, 11) is 1.56. The van der Waals surface area contributed by atoms with Crippen LogP contribution in [0.25, 0.3) is 10.6 Å². The van der Waals surface area contributed by atoms with E-state index in [0.717, 1.165) is 28.4 Å². The Kier molecular flexibility index (Phi) is 5.57. The molecule has 2 aromatic carbocycles. The molecule has 0 atom stereocenters. The molecule has 1 aliphatic heterocycles. The quantitative estimate of drug-likeness (QED) is 0.667. The van der Waals surface area contributed by atoms with Gasteiger partial charge in [-0.15, -0.1) is 11.3 Å². The average Bonchev–Trinajstić information content (AvgIpc) is 3.37. The number of nitrogens with one attached hydrogen (secondary N) is 1. The van der Waals surface area contributed by atoms with Gasteiger partial charge in [-0.2, -0.15) is 0 Å². The van der Waals surface area contributed by atoms with Gasteiger partial charge in [-0.1, -0.05) is 30.3 Å². The molecule has 1 aromatic heterocycles. The summed E-state index contributed by atoms with van der Waals surface area (Å²) in [6, 6.07) is 15.3. The summed E-state index contributed by atoms with van der Waals surface area (Å²) in [6.07, 6.45) is 1.59. The Labute approximate surface area is 173 Å². The van der Waals surface area contributed by atoms with Gasteiger partial charge in [-0.05, 0) is 18.6 Å². The fourth-order valence-corrected chi connectivity index (χ4v) is 4.18. The number of hydrogen-bond acceptors (Lipinski definition) is 5. The number of anilines is 2. The van der Waals surface area contributed by atoms with Crippen LogP contribution in [-0.4, -0.2) is 30.5 Å². The highest BCUT2D eigenvalue weighted by molar-refractivity contribution is 7.13. The Balaban J connectivity index is 1.43. The van der Waals surface area contributed by atoms with Crippen LogP contribution in [0.3, 0.4) is 0 Å². The van der Waals surface area contributed by atoms with Crippen LogP contribution in [0.15, 0.2) is 53.9 Å². The maximum Gasteiger partial charge on any atom is 0.230 e. The number of hydrogen-bond donors (Lipinski definition) is 1. The molecule has 7 heteroatoms. The predicted molar refractivity (Wildman–Crippen MR) is 114 cm³/mol. The molecule has 0 bridgehead atoms. The molecule has 4 rings (SSSR count). The second-order valence-electron chi connectivity index (χ2n) is 6.77. The number of methoxy groups -OCH3 is 1. The highest BCUT2D eigenvalue weighted by atomic mass is 32.1. The maximum atomic E-state index is 12.5. The van der Waals surface area contributed by atoms with Gasteiger partial charge >= 0.3 is 0 Å². The monoisotopic (exact) mass is 407 g/mol. The molecule has 1 saturated heterocycles. The molecule has 2 amide bonds. The van der Waals surface area contributed by atoms with Crippen molar-refractivity contribution in [2.75, 3.05) is 23.9 Å². The van der Waals surface area contributed by atoms with Gasteiger partial charge in [0, 0.05) is 35.7 Å². The van der Waals surface area contributed by atoms with Crippen molar-refractivity contribution in [1.82, 2.24) is 4.98 Å². The highest BCUT2D eigenvalue weighted by Gasteiger charge is 2.24. The third-order valence-corrected chi connectivity index (χ3v) is 5.68. The first kappa shape index (κ1) is 19.1. The zero-order chi connectivity index (χ0) is 20.2. The zero-order valence-corrected chi connectivity index (χ0v) is 16.9. The smallest absolute Gasteiger partial charge is 0.230 e. The lowest BCUT2D eigenvalue weighted by molar-refractivity contribution is -0.117. The molecule has 0 spiro atoms.